The predicted octanol–water partition coefficient (Wildman–Crippen LogP) is 3.21. The maximum Gasteiger partial charge on any atom is 0.0499 e. The van der Waals surface area contributed by atoms with E-state index in [-0.39, 0.29) is 5.41 Å². The fraction of sp³-hybridized carbons (Fsp3) is 0.647. The highest BCUT2D eigenvalue weighted by atomic mass is 16.3. The molecule has 2 aliphatic carbocycles. The zero-order valence-corrected chi connectivity index (χ0v) is 11.7. The highest BCUT2D eigenvalue weighted by molar-refractivity contribution is 5.33. The van der Waals surface area contributed by atoms with Crippen molar-refractivity contribution >= 4 is 0 Å². The van der Waals surface area contributed by atoms with E-state index in [1.54, 1.807) is 5.56 Å². The van der Waals surface area contributed by atoms with Gasteiger partial charge in [0.15, 0.2) is 0 Å². The van der Waals surface area contributed by atoms with Crippen molar-refractivity contribution in [1.82, 2.24) is 5.32 Å². The summed E-state index contributed by atoms with van der Waals surface area (Å²) >= 11 is 0. The fourth-order valence-corrected chi connectivity index (χ4v) is 3.47. The quantitative estimate of drug-likeness (QED) is 0.822. The molecule has 2 heteroatoms. The van der Waals surface area contributed by atoms with Crippen molar-refractivity contribution in [2.24, 2.45) is 5.41 Å². The van der Waals surface area contributed by atoms with Gasteiger partial charge in [0, 0.05) is 25.1 Å². The molecule has 0 spiro atoms. The summed E-state index contributed by atoms with van der Waals surface area (Å²) in [7, 11) is 0. The van der Waals surface area contributed by atoms with E-state index in [1.165, 1.54) is 44.1 Å². The van der Waals surface area contributed by atoms with Gasteiger partial charge >= 0.3 is 0 Å². The van der Waals surface area contributed by atoms with Gasteiger partial charge in [-0.15, -0.1) is 0 Å². The van der Waals surface area contributed by atoms with Gasteiger partial charge in [-0.2, -0.15) is 0 Å². The molecule has 1 aromatic rings. The lowest BCUT2D eigenvalue weighted by atomic mass is 9.87. The summed E-state index contributed by atoms with van der Waals surface area (Å²) in [6.07, 6.45) is 7.64. The van der Waals surface area contributed by atoms with E-state index in [9.17, 15) is 5.11 Å². The van der Waals surface area contributed by atoms with E-state index < -0.39 is 0 Å². The Hall–Kier alpha value is -0.860. The van der Waals surface area contributed by atoms with Gasteiger partial charge in [0.25, 0.3) is 0 Å². The van der Waals surface area contributed by atoms with Crippen LogP contribution in [0.1, 0.15) is 55.6 Å². The average Bonchev–Trinajstić information content (AvgIpc) is 3.19. The molecule has 2 fully saturated rings. The van der Waals surface area contributed by atoms with Gasteiger partial charge in [-0.3, -0.25) is 0 Å². The molecular formula is C17H25NO. The molecule has 2 nitrogen and oxygen atoms in total. The summed E-state index contributed by atoms with van der Waals surface area (Å²) in [5, 5.41) is 13.2. The minimum Gasteiger partial charge on any atom is -0.396 e. The first-order valence-electron chi connectivity index (χ1n) is 7.72. The zero-order valence-electron chi connectivity index (χ0n) is 11.7. The molecule has 0 amide bonds. The molecular weight excluding hydrogens is 234 g/mol. The highest BCUT2D eigenvalue weighted by Crippen LogP contribution is 2.41. The average molecular weight is 259 g/mol. The van der Waals surface area contributed by atoms with Crippen LogP contribution in [0.4, 0.5) is 0 Å². The van der Waals surface area contributed by atoms with Crippen LogP contribution in [0.3, 0.4) is 0 Å². The van der Waals surface area contributed by atoms with Crippen LogP contribution in [0.15, 0.2) is 24.3 Å². The van der Waals surface area contributed by atoms with Gasteiger partial charge in [-0.1, -0.05) is 37.1 Å². The first-order valence-corrected chi connectivity index (χ1v) is 7.72. The van der Waals surface area contributed by atoms with Crippen LogP contribution >= 0.6 is 0 Å². The second-order valence-corrected chi connectivity index (χ2v) is 6.44. The van der Waals surface area contributed by atoms with Crippen molar-refractivity contribution in [2.45, 2.75) is 51.0 Å². The smallest absolute Gasteiger partial charge is 0.0499 e. The van der Waals surface area contributed by atoms with Crippen molar-refractivity contribution < 1.29 is 5.11 Å². The number of benzene rings is 1. The molecule has 104 valence electrons. The van der Waals surface area contributed by atoms with Crippen molar-refractivity contribution in [3.63, 3.8) is 0 Å². The minimum atomic E-state index is 0.161. The standard InChI is InChI=1S/C17H25NO/c19-13-17(9-3-4-10-17)12-18-11-15-5-1-2-6-16(15)14-7-8-14/h1-2,5-6,14,18-19H,3-4,7-13H2. The molecule has 2 N–H and O–H groups in total. The van der Waals surface area contributed by atoms with Gasteiger partial charge in [-0.05, 0) is 42.7 Å². The topological polar surface area (TPSA) is 32.3 Å². The molecule has 0 atom stereocenters. The van der Waals surface area contributed by atoms with E-state index in [0.717, 1.165) is 19.0 Å². The summed E-state index contributed by atoms with van der Waals surface area (Å²) in [5.41, 5.74) is 3.16. The van der Waals surface area contributed by atoms with E-state index in [0.29, 0.717) is 6.61 Å². The lowest BCUT2D eigenvalue weighted by Gasteiger charge is -2.27. The molecule has 2 saturated carbocycles. The molecule has 0 heterocycles. The van der Waals surface area contributed by atoms with Gasteiger partial charge < -0.3 is 10.4 Å². The highest BCUT2D eigenvalue weighted by Gasteiger charge is 2.32. The van der Waals surface area contributed by atoms with Crippen molar-refractivity contribution in [1.29, 1.82) is 0 Å². The Morgan fingerprint density at radius 3 is 2.58 bits per heavy atom. The minimum absolute atomic E-state index is 0.161. The lowest BCUT2D eigenvalue weighted by molar-refractivity contribution is 0.128. The van der Waals surface area contributed by atoms with Crippen LogP contribution in [0, 0.1) is 5.41 Å². The molecule has 0 saturated heterocycles. The predicted molar refractivity (Wildman–Crippen MR) is 78.1 cm³/mol. The number of nitrogens with one attached hydrogen (secondary N) is 1. The van der Waals surface area contributed by atoms with E-state index >= 15 is 0 Å². The summed E-state index contributed by atoms with van der Waals surface area (Å²) in [5.74, 6) is 0.816. The Morgan fingerprint density at radius 2 is 1.89 bits per heavy atom. The third-order valence-corrected chi connectivity index (χ3v) is 4.89. The Bertz CT molecular complexity index is 419. The van der Waals surface area contributed by atoms with Crippen LogP contribution in [0.5, 0.6) is 0 Å². The van der Waals surface area contributed by atoms with E-state index in [2.05, 4.69) is 29.6 Å². The third kappa shape index (κ3) is 3.01. The normalized spacial score (nSPS) is 21.7. The molecule has 0 bridgehead atoms. The van der Waals surface area contributed by atoms with E-state index in [1.807, 2.05) is 0 Å². The van der Waals surface area contributed by atoms with Gasteiger partial charge in [0.2, 0.25) is 0 Å². The summed E-state index contributed by atoms with van der Waals surface area (Å²) in [4.78, 5) is 0. The molecule has 0 unspecified atom stereocenters. The summed E-state index contributed by atoms with van der Waals surface area (Å²) < 4.78 is 0. The summed E-state index contributed by atoms with van der Waals surface area (Å²) in [6.45, 7) is 2.25. The van der Waals surface area contributed by atoms with Crippen LogP contribution in [0.2, 0.25) is 0 Å². The van der Waals surface area contributed by atoms with Crippen LogP contribution in [-0.2, 0) is 6.54 Å². The molecule has 1 aromatic carbocycles. The van der Waals surface area contributed by atoms with Crippen LogP contribution in [0.25, 0.3) is 0 Å². The maximum atomic E-state index is 9.63. The van der Waals surface area contributed by atoms with Crippen molar-refractivity contribution in [3.05, 3.63) is 35.4 Å². The number of hydrogen-bond acceptors (Lipinski definition) is 2. The second kappa shape index (κ2) is 5.64. The molecule has 0 radical (unpaired) electrons. The van der Waals surface area contributed by atoms with Gasteiger partial charge in [0.1, 0.15) is 0 Å². The Kier molecular flexibility index (Phi) is 3.90. The molecule has 2 aliphatic rings. The number of hydrogen-bond donors (Lipinski definition) is 2. The summed E-state index contributed by atoms with van der Waals surface area (Å²) in [6, 6.07) is 8.83. The van der Waals surface area contributed by atoms with Gasteiger partial charge in [0.05, 0.1) is 0 Å². The fourth-order valence-electron chi connectivity index (χ4n) is 3.47. The molecule has 0 aromatic heterocycles. The third-order valence-electron chi connectivity index (χ3n) is 4.89. The number of aliphatic hydroxyl groups is 1. The first-order chi connectivity index (χ1) is 9.33. The SMILES string of the molecule is OCC1(CNCc2ccccc2C2CC2)CCCC1. The van der Waals surface area contributed by atoms with Crippen molar-refractivity contribution in [3.8, 4) is 0 Å². The van der Waals surface area contributed by atoms with E-state index in [4.69, 9.17) is 0 Å². The molecule has 19 heavy (non-hydrogen) atoms. The first kappa shape index (κ1) is 13.1. The van der Waals surface area contributed by atoms with Crippen molar-refractivity contribution in [2.75, 3.05) is 13.2 Å². The zero-order chi connectivity index (χ0) is 13.1. The monoisotopic (exact) mass is 259 g/mol. The second-order valence-electron chi connectivity index (χ2n) is 6.44. The number of rotatable bonds is 6. The van der Waals surface area contributed by atoms with Crippen LogP contribution in [-0.4, -0.2) is 18.3 Å². The Labute approximate surface area is 116 Å². The molecule has 0 aliphatic heterocycles. The largest absolute Gasteiger partial charge is 0.396 e. The van der Waals surface area contributed by atoms with Crippen LogP contribution < -0.4 is 5.32 Å². The Morgan fingerprint density at radius 1 is 1.16 bits per heavy atom. The Balaban J connectivity index is 1.57. The lowest BCUT2D eigenvalue weighted by Crippen LogP contribution is -2.35. The van der Waals surface area contributed by atoms with Gasteiger partial charge in [-0.25, -0.2) is 0 Å². The molecule has 3 rings (SSSR count). The number of aliphatic hydroxyl groups excluding tert-OH is 1. The maximum absolute atomic E-state index is 9.63.